The molecule has 1 aliphatic carbocycles. The first-order chi connectivity index (χ1) is 13.6. The zero-order valence-electron chi connectivity index (χ0n) is 15.7. The number of halogens is 2. The minimum atomic E-state index is 0.0303. The Balaban J connectivity index is 1.57. The Bertz CT molecular complexity index is 1040. The maximum absolute atomic E-state index is 5.96. The van der Waals surface area contributed by atoms with Crippen LogP contribution in [0.3, 0.4) is 0 Å². The Morgan fingerprint density at radius 3 is 2.71 bits per heavy atom. The Morgan fingerprint density at radius 1 is 1.11 bits per heavy atom. The number of benzene rings is 1. The van der Waals surface area contributed by atoms with Crippen molar-refractivity contribution in [1.82, 2.24) is 14.8 Å². The number of aromatic nitrogens is 3. The highest BCUT2D eigenvalue weighted by Gasteiger charge is 2.29. The van der Waals surface area contributed by atoms with E-state index in [-0.39, 0.29) is 6.23 Å². The van der Waals surface area contributed by atoms with Gasteiger partial charge in [0, 0.05) is 24.1 Å². The van der Waals surface area contributed by atoms with Crippen molar-refractivity contribution in [3.8, 4) is 0 Å². The van der Waals surface area contributed by atoms with Crippen LogP contribution in [0.25, 0.3) is 10.9 Å². The van der Waals surface area contributed by atoms with Gasteiger partial charge in [-0.2, -0.15) is 5.10 Å². The van der Waals surface area contributed by atoms with E-state index in [1.54, 1.807) is 0 Å². The lowest BCUT2D eigenvalue weighted by Crippen LogP contribution is -2.18. The number of hydrogen-bond donors (Lipinski definition) is 1. The minimum absolute atomic E-state index is 0.0303. The van der Waals surface area contributed by atoms with Gasteiger partial charge in [0.25, 0.3) is 0 Å². The van der Waals surface area contributed by atoms with Crippen molar-refractivity contribution in [1.29, 1.82) is 0 Å². The van der Waals surface area contributed by atoms with Crippen LogP contribution in [-0.2, 0) is 4.74 Å². The summed E-state index contributed by atoms with van der Waals surface area (Å²) in [5.74, 6) is 0.575. The van der Waals surface area contributed by atoms with Crippen LogP contribution in [0.5, 0.6) is 0 Å². The third-order valence-electron chi connectivity index (χ3n) is 5.63. The van der Waals surface area contributed by atoms with E-state index in [9.17, 15) is 0 Å². The summed E-state index contributed by atoms with van der Waals surface area (Å²) >= 11 is 7.46. The molecule has 1 aromatic carbocycles. The summed E-state index contributed by atoms with van der Waals surface area (Å²) in [5, 5.41) is 9.45. The molecule has 1 atom stereocenters. The number of ether oxygens (including phenoxy) is 1. The second-order valence-corrected chi connectivity index (χ2v) is 9.33. The summed E-state index contributed by atoms with van der Waals surface area (Å²) in [4.78, 5) is 4.63. The lowest BCUT2D eigenvalue weighted by Gasteiger charge is -2.23. The fourth-order valence-corrected chi connectivity index (χ4v) is 5.31. The zero-order chi connectivity index (χ0) is 19.3. The summed E-state index contributed by atoms with van der Waals surface area (Å²) in [6, 6.07) is 4.30. The Labute approximate surface area is 181 Å². The molecule has 3 heterocycles. The summed E-state index contributed by atoms with van der Waals surface area (Å²) in [6.07, 6.45) is 9.65. The first-order valence-corrected chi connectivity index (χ1v) is 11.4. The average Bonchev–Trinajstić information content (AvgIpc) is 3.45. The van der Waals surface area contributed by atoms with Gasteiger partial charge < -0.3 is 10.1 Å². The molecule has 1 saturated heterocycles. The highest BCUT2D eigenvalue weighted by atomic mass is 79.9. The van der Waals surface area contributed by atoms with Gasteiger partial charge in [-0.25, -0.2) is 4.68 Å². The largest absolute Gasteiger partial charge is 0.356 e. The number of rotatable bonds is 4. The third kappa shape index (κ3) is 3.27. The SMILES string of the molecule is Cc1ccc2c(cnn2C2CCCCO2)c1Nc1c(Br)cnc(C2CC2)c1Br. The van der Waals surface area contributed by atoms with E-state index in [0.717, 1.165) is 56.4 Å². The number of nitrogens with one attached hydrogen (secondary N) is 1. The topological polar surface area (TPSA) is 52.0 Å². The van der Waals surface area contributed by atoms with E-state index in [0.29, 0.717) is 5.92 Å². The molecule has 2 fully saturated rings. The number of pyridine rings is 1. The van der Waals surface area contributed by atoms with Crippen LogP contribution in [0.4, 0.5) is 11.4 Å². The molecule has 5 rings (SSSR count). The molecule has 0 radical (unpaired) electrons. The molecule has 1 saturated carbocycles. The highest BCUT2D eigenvalue weighted by Crippen LogP contribution is 2.46. The molecule has 2 aliphatic rings. The zero-order valence-corrected chi connectivity index (χ0v) is 18.9. The third-order valence-corrected chi connectivity index (χ3v) is 7.04. The van der Waals surface area contributed by atoms with Gasteiger partial charge in [-0.05, 0) is 82.5 Å². The molecule has 1 N–H and O–H groups in total. The van der Waals surface area contributed by atoms with Gasteiger partial charge in [-0.3, -0.25) is 4.98 Å². The second-order valence-electron chi connectivity index (χ2n) is 7.68. The molecular formula is C21H22Br2N4O. The molecule has 2 aromatic heterocycles. The van der Waals surface area contributed by atoms with Gasteiger partial charge in [-0.15, -0.1) is 0 Å². The van der Waals surface area contributed by atoms with Gasteiger partial charge in [0.2, 0.25) is 0 Å². The number of aryl methyl sites for hydroxylation is 1. The van der Waals surface area contributed by atoms with Gasteiger partial charge in [-0.1, -0.05) is 6.07 Å². The molecule has 28 heavy (non-hydrogen) atoms. The Kier molecular flexibility index (Phi) is 4.93. The van der Waals surface area contributed by atoms with Crippen LogP contribution in [0.2, 0.25) is 0 Å². The smallest absolute Gasteiger partial charge is 0.150 e. The summed E-state index contributed by atoms with van der Waals surface area (Å²) < 4.78 is 9.99. The van der Waals surface area contributed by atoms with Crippen LogP contribution < -0.4 is 5.32 Å². The van der Waals surface area contributed by atoms with Gasteiger partial charge in [0.05, 0.1) is 37.7 Å². The van der Waals surface area contributed by atoms with Crippen LogP contribution in [0.15, 0.2) is 33.5 Å². The van der Waals surface area contributed by atoms with Gasteiger partial charge in [0.1, 0.15) is 0 Å². The molecule has 5 nitrogen and oxygen atoms in total. The van der Waals surface area contributed by atoms with E-state index >= 15 is 0 Å². The second kappa shape index (κ2) is 7.43. The number of nitrogens with zero attached hydrogens (tertiary/aromatic N) is 3. The monoisotopic (exact) mass is 504 g/mol. The molecule has 0 spiro atoms. The van der Waals surface area contributed by atoms with Crippen LogP contribution in [0, 0.1) is 6.92 Å². The molecular weight excluding hydrogens is 484 g/mol. The van der Waals surface area contributed by atoms with Crippen LogP contribution in [0.1, 0.15) is 55.5 Å². The van der Waals surface area contributed by atoms with Gasteiger partial charge in [0.15, 0.2) is 6.23 Å². The van der Waals surface area contributed by atoms with Gasteiger partial charge >= 0.3 is 0 Å². The summed E-state index contributed by atoms with van der Waals surface area (Å²) in [7, 11) is 0. The van der Waals surface area contributed by atoms with E-state index in [1.165, 1.54) is 24.8 Å². The van der Waals surface area contributed by atoms with Crippen molar-refractivity contribution < 1.29 is 4.74 Å². The predicted molar refractivity (Wildman–Crippen MR) is 118 cm³/mol. The molecule has 3 aromatic rings. The molecule has 1 aliphatic heterocycles. The number of hydrogen-bond acceptors (Lipinski definition) is 4. The fraction of sp³-hybridized carbons (Fsp3) is 0.429. The van der Waals surface area contributed by atoms with Crippen molar-refractivity contribution in [3.05, 3.63) is 44.7 Å². The number of anilines is 2. The van der Waals surface area contributed by atoms with Crippen LogP contribution >= 0.6 is 31.9 Å². The van der Waals surface area contributed by atoms with Crippen molar-refractivity contribution >= 4 is 54.1 Å². The quantitative estimate of drug-likeness (QED) is 0.434. The average molecular weight is 506 g/mol. The van der Waals surface area contributed by atoms with Crippen molar-refractivity contribution in [2.45, 2.75) is 51.2 Å². The first kappa shape index (κ1) is 18.6. The normalized spacial score (nSPS) is 19.9. The van der Waals surface area contributed by atoms with E-state index in [2.05, 4.69) is 66.3 Å². The molecule has 1 unspecified atom stereocenters. The van der Waals surface area contributed by atoms with Crippen molar-refractivity contribution in [2.24, 2.45) is 0 Å². The highest BCUT2D eigenvalue weighted by molar-refractivity contribution is 9.11. The standard InChI is InChI=1S/C21H22Br2N4O/c1-12-5-8-16-14(10-25-27(16)17-4-2-3-9-28-17)19(12)26-21-15(22)11-24-20(18(21)23)13-6-7-13/h5,8,10-11,13,17H,2-4,6-7,9H2,1H3,(H,24,26). The Morgan fingerprint density at radius 2 is 1.96 bits per heavy atom. The molecule has 146 valence electrons. The lowest BCUT2D eigenvalue weighted by molar-refractivity contribution is -0.0366. The maximum atomic E-state index is 5.96. The Hall–Kier alpha value is -1.44. The number of fused-ring (bicyclic) bond motifs is 1. The molecule has 0 amide bonds. The van der Waals surface area contributed by atoms with E-state index < -0.39 is 0 Å². The summed E-state index contributed by atoms with van der Waals surface area (Å²) in [5.41, 5.74) is 5.52. The van der Waals surface area contributed by atoms with E-state index in [4.69, 9.17) is 4.74 Å². The molecule has 0 bridgehead atoms. The van der Waals surface area contributed by atoms with Crippen LogP contribution in [-0.4, -0.2) is 21.4 Å². The lowest BCUT2D eigenvalue weighted by atomic mass is 10.1. The first-order valence-electron chi connectivity index (χ1n) is 9.83. The summed E-state index contributed by atoms with van der Waals surface area (Å²) in [6.45, 7) is 2.94. The predicted octanol–water partition coefficient (Wildman–Crippen LogP) is 6.58. The van der Waals surface area contributed by atoms with Crippen molar-refractivity contribution in [3.63, 3.8) is 0 Å². The maximum Gasteiger partial charge on any atom is 0.150 e. The fourth-order valence-electron chi connectivity index (χ4n) is 3.90. The molecule has 7 heteroatoms. The van der Waals surface area contributed by atoms with E-state index in [1.807, 2.05) is 17.1 Å². The van der Waals surface area contributed by atoms with Crippen molar-refractivity contribution in [2.75, 3.05) is 11.9 Å². The minimum Gasteiger partial charge on any atom is -0.356 e.